The fourth-order valence-electron chi connectivity index (χ4n) is 4.06. The second kappa shape index (κ2) is 13.1. The van der Waals surface area contributed by atoms with Crippen molar-refractivity contribution in [3.05, 3.63) is 124 Å². The number of esters is 1. The summed E-state index contributed by atoms with van der Waals surface area (Å²) in [6, 6.07) is 27.4. The molecule has 0 unspecified atom stereocenters. The number of hydrazone groups is 1. The Labute approximate surface area is 255 Å². The van der Waals surface area contributed by atoms with Crippen molar-refractivity contribution in [2.75, 3.05) is 10.6 Å². The molecular weight excluding hydrogens is 588 g/mol. The normalized spacial score (nSPS) is 10.8. The number of hydrogen-bond acceptors (Lipinski definition) is 7. The molecule has 0 saturated carbocycles. The fourth-order valence-corrected chi connectivity index (χ4v) is 5.45. The summed E-state index contributed by atoms with van der Waals surface area (Å²) in [5, 5.41) is 10.2. The van der Waals surface area contributed by atoms with E-state index in [0.717, 1.165) is 15.6 Å². The van der Waals surface area contributed by atoms with Gasteiger partial charge in [0.1, 0.15) is 10.6 Å². The Bertz CT molecular complexity index is 1900. The first-order chi connectivity index (χ1) is 20.8. The van der Waals surface area contributed by atoms with Crippen LogP contribution in [0.5, 0.6) is 5.75 Å². The summed E-state index contributed by atoms with van der Waals surface area (Å²) in [6.07, 6.45) is 1.29. The van der Waals surface area contributed by atoms with Crippen molar-refractivity contribution in [1.82, 2.24) is 5.43 Å². The van der Waals surface area contributed by atoms with Crippen molar-refractivity contribution >= 4 is 74.3 Å². The number of nitrogens with one attached hydrogen (secondary N) is 3. The molecular formula is C32H23ClN4O5S. The van der Waals surface area contributed by atoms with E-state index in [9.17, 15) is 19.2 Å². The summed E-state index contributed by atoms with van der Waals surface area (Å²) in [6.45, 7) is 1.90. The number of ether oxygens (including phenoxy) is 1. The molecule has 1 aromatic heterocycles. The molecule has 3 N–H and O–H groups in total. The summed E-state index contributed by atoms with van der Waals surface area (Å²) in [5.74, 6) is -2.87. The number of hydrogen-bond donors (Lipinski definition) is 3. The van der Waals surface area contributed by atoms with Crippen LogP contribution < -0.4 is 20.8 Å². The molecule has 5 aromatic rings. The predicted octanol–water partition coefficient (Wildman–Crippen LogP) is 6.42. The lowest BCUT2D eigenvalue weighted by Crippen LogP contribution is -2.33. The molecule has 0 aliphatic rings. The zero-order valence-electron chi connectivity index (χ0n) is 22.6. The highest BCUT2D eigenvalue weighted by atomic mass is 35.5. The molecule has 0 aliphatic heterocycles. The van der Waals surface area contributed by atoms with Crippen molar-refractivity contribution in [2.24, 2.45) is 5.10 Å². The van der Waals surface area contributed by atoms with Crippen LogP contribution in [0.2, 0.25) is 5.02 Å². The van der Waals surface area contributed by atoms with Gasteiger partial charge in [0.05, 0.1) is 22.5 Å². The van der Waals surface area contributed by atoms with Crippen LogP contribution in [0.1, 0.15) is 31.2 Å². The number of halogens is 1. The Morgan fingerprint density at radius 3 is 2.42 bits per heavy atom. The average molecular weight is 611 g/mol. The number of carbonyl (C=O) groups excluding carboxylic acids is 4. The van der Waals surface area contributed by atoms with Crippen LogP contribution in [0, 0.1) is 6.92 Å². The number of fused-ring (bicyclic) bond motifs is 1. The van der Waals surface area contributed by atoms with Gasteiger partial charge in [-0.2, -0.15) is 5.10 Å². The third-order valence-electron chi connectivity index (χ3n) is 6.07. The van der Waals surface area contributed by atoms with Crippen LogP contribution in [0.4, 0.5) is 11.4 Å². The van der Waals surface area contributed by atoms with E-state index < -0.39 is 23.7 Å². The van der Waals surface area contributed by atoms with Crippen LogP contribution in [0.25, 0.3) is 10.1 Å². The molecule has 5 rings (SSSR count). The molecule has 0 atom stereocenters. The van der Waals surface area contributed by atoms with Gasteiger partial charge >= 0.3 is 17.8 Å². The number of thiophene rings is 1. The third-order valence-corrected chi connectivity index (χ3v) is 7.73. The van der Waals surface area contributed by atoms with Crippen molar-refractivity contribution < 1.29 is 23.9 Å². The SMILES string of the molecule is Cc1cccc(NC(=O)c2ccccc2NC(=O)C(=O)N/N=C/c2cccc(OC(=O)c3sc4ccccc4c3Cl)c2)c1. The molecule has 214 valence electrons. The fraction of sp³-hybridized carbons (Fsp3) is 0.0312. The van der Waals surface area contributed by atoms with Gasteiger partial charge in [0.25, 0.3) is 5.91 Å². The van der Waals surface area contributed by atoms with Crippen molar-refractivity contribution in [2.45, 2.75) is 6.92 Å². The zero-order valence-corrected chi connectivity index (χ0v) is 24.2. The summed E-state index contributed by atoms with van der Waals surface area (Å²) >= 11 is 7.62. The van der Waals surface area contributed by atoms with Crippen LogP contribution in [0.3, 0.4) is 0 Å². The van der Waals surface area contributed by atoms with Crippen LogP contribution in [-0.4, -0.2) is 29.9 Å². The Morgan fingerprint density at radius 1 is 0.837 bits per heavy atom. The standard InChI is InChI=1S/C32H23ClN4O5S/c1-19-8-6-10-21(16-19)35-29(38)23-12-2-4-14-25(23)36-30(39)31(40)37-34-18-20-9-7-11-22(17-20)42-32(41)28-27(33)24-13-3-5-15-26(24)43-28/h2-18H,1H3,(H,35,38)(H,36,39)(H,37,40)/b34-18+. The van der Waals surface area contributed by atoms with Gasteiger partial charge in [0.15, 0.2) is 0 Å². The van der Waals surface area contributed by atoms with Gasteiger partial charge in [-0.25, -0.2) is 10.2 Å². The maximum atomic E-state index is 12.8. The minimum Gasteiger partial charge on any atom is -0.422 e. The molecule has 0 bridgehead atoms. The van der Waals surface area contributed by atoms with Gasteiger partial charge in [-0.05, 0) is 60.5 Å². The molecule has 0 saturated heterocycles. The first-order valence-electron chi connectivity index (χ1n) is 12.9. The molecule has 43 heavy (non-hydrogen) atoms. The minimum absolute atomic E-state index is 0.157. The number of carbonyl (C=O) groups is 4. The highest BCUT2D eigenvalue weighted by molar-refractivity contribution is 7.21. The van der Waals surface area contributed by atoms with E-state index in [1.807, 2.05) is 49.4 Å². The van der Waals surface area contributed by atoms with Crippen molar-refractivity contribution in [1.29, 1.82) is 0 Å². The molecule has 0 radical (unpaired) electrons. The number of anilines is 2. The molecule has 4 aromatic carbocycles. The minimum atomic E-state index is -1.05. The molecule has 1 heterocycles. The summed E-state index contributed by atoms with van der Waals surface area (Å²) in [4.78, 5) is 50.8. The van der Waals surface area contributed by atoms with Gasteiger partial charge in [-0.3, -0.25) is 14.4 Å². The van der Waals surface area contributed by atoms with E-state index >= 15 is 0 Å². The Kier molecular flexibility index (Phi) is 8.90. The van der Waals surface area contributed by atoms with Gasteiger partial charge < -0.3 is 15.4 Å². The first kappa shape index (κ1) is 29.2. The quantitative estimate of drug-likeness (QED) is 0.0644. The number of para-hydroxylation sites is 1. The second-order valence-corrected chi connectivity index (χ2v) is 10.7. The van der Waals surface area contributed by atoms with Crippen LogP contribution in [-0.2, 0) is 9.59 Å². The smallest absolute Gasteiger partial charge is 0.355 e. The molecule has 11 heteroatoms. The van der Waals surface area contributed by atoms with E-state index in [4.69, 9.17) is 16.3 Å². The van der Waals surface area contributed by atoms with Crippen molar-refractivity contribution in [3.8, 4) is 5.75 Å². The van der Waals surface area contributed by atoms with E-state index in [1.54, 1.807) is 36.4 Å². The third kappa shape index (κ3) is 7.13. The summed E-state index contributed by atoms with van der Waals surface area (Å²) in [5.41, 5.74) is 4.55. The Hall–Kier alpha value is -5.32. The van der Waals surface area contributed by atoms with Gasteiger partial charge in [0, 0.05) is 15.8 Å². The van der Waals surface area contributed by atoms with Gasteiger partial charge in [-0.15, -0.1) is 11.3 Å². The molecule has 0 aliphatic carbocycles. The van der Waals surface area contributed by atoms with E-state index in [-0.39, 0.29) is 21.9 Å². The molecule has 0 spiro atoms. The second-order valence-electron chi connectivity index (χ2n) is 9.23. The van der Waals surface area contributed by atoms with Crippen molar-refractivity contribution in [3.63, 3.8) is 0 Å². The molecule has 3 amide bonds. The predicted molar refractivity (Wildman–Crippen MR) is 168 cm³/mol. The molecule has 0 fully saturated rings. The summed E-state index contributed by atoms with van der Waals surface area (Å²) < 4.78 is 6.37. The van der Waals surface area contributed by atoms with E-state index in [2.05, 4.69) is 21.2 Å². The summed E-state index contributed by atoms with van der Waals surface area (Å²) in [7, 11) is 0. The topological polar surface area (TPSA) is 126 Å². The number of rotatable bonds is 7. The van der Waals surface area contributed by atoms with Gasteiger partial charge in [0.2, 0.25) is 0 Å². The van der Waals surface area contributed by atoms with Crippen LogP contribution >= 0.6 is 22.9 Å². The lowest BCUT2D eigenvalue weighted by Gasteiger charge is -2.11. The number of nitrogens with zero attached hydrogens (tertiary/aromatic N) is 1. The molecule has 9 nitrogen and oxygen atoms in total. The van der Waals surface area contributed by atoms with Crippen LogP contribution in [0.15, 0.2) is 102 Å². The highest BCUT2D eigenvalue weighted by Crippen LogP contribution is 2.35. The average Bonchev–Trinajstić information content (AvgIpc) is 3.34. The number of aryl methyl sites for hydroxylation is 1. The van der Waals surface area contributed by atoms with E-state index in [1.165, 1.54) is 35.8 Å². The Morgan fingerprint density at radius 2 is 1.60 bits per heavy atom. The lowest BCUT2D eigenvalue weighted by atomic mass is 10.1. The lowest BCUT2D eigenvalue weighted by molar-refractivity contribution is -0.136. The largest absolute Gasteiger partial charge is 0.422 e. The number of benzene rings is 4. The highest BCUT2D eigenvalue weighted by Gasteiger charge is 2.20. The maximum Gasteiger partial charge on any atom is 0.355 e. The first-order valence-corrected chi connectivity index (χ1v) is 14.1. The zero-order chi connectivity index (χ0) is 30.3. The number of amides is 3. The van der Waals surface area contributed by atoms with E-state index in [0.29, 0.717) is 16.3 Å². The monoisotopic (exact) mass is 610 g/mol. The van der Waals surface area contributed by atoms with Gasteiger partial charge in [-0.1, -0.05) is 66.2 Å². The maximum absolute atomic E-state index is 12.8. The Balaban J connectivity index is 1.18.